The smallest absolute Gasteiger partial charge is 0.223 e. The van der Waals surface area contributed by atoms with Gasteiger partial charge in [-0.05, 0) is 55.9 Å². The molecule has 0 spiro atoms. The third-order valence-corrected chi connectivity index (χ3v) is 6.77. The lowest BCUT2D eigenvalue weighted by Gasteiger charge is -2.22. The zero-order valence-corrected chi connectivity index (χ0v) is 18.9. The summed E-state index contributed by atoms with van der Waals surface area (Å²) in [6, 6.07) is 5.37. The molecule has 1 aliphatic rings. The van der Waals surface area contributed by atoms with Gasteiger partial charge in [0.25, 0.3) is 0 Å². The number of hydrogen-bond donors (Lipinski definition) is 4. The second-order valence-electron chi connectivity index (χ2n) is 8.39. The highest BCUT2D eigenvalue weighted by atomic mass is 32.2. The Hall–Kier alpha value is -3.14. The number of anilines is 2. The van der Waals surface area contributed by atoms with Gasteiger partial charge in [-0.1, -0.05) is 6.07 Å². The molecule has 0 bridgehead atoms. The first-order chi connectivity index (χ1) is 15.2. The number of H-pyrrole nitrogens is 1. The molecule has 1 aromatic carbocycles. The molecule has 1 aliphatic carbocycles. The number of carbonyl (C=O) groups excluding carboxylic acids is 1. The molecule has 0 fully saturated rings. The van der Waals surface area contributed by atoms with Crippen molar-refractivity contribution in [3.63, 3.8) is 0 Å². The number of sulfone groups is 1. The van der Waals surface area contributed by atoms with Crippen LogP contribution >= 0.6 is 0 Å². The highest BCUT2D eigenvalue weighted by molar-refractivity contribution is 7.90. The summed E-state index contributed by atoms with van der Waals surface area (Å²) in [4.78, 5) is 24.8. The van der Waals surface area contributed by atoms with Gasteiger partial charge < -0.3 is 20.7 Å². The molecule has 10 heteroatoms. The minimum atomic E-state index is -3.03. The molecule has 0 saturated carbocycles. The summed E-state index contributed by atoms with van der Waals surface area (Å²) in [5, 5.41) is 17.2. The first-order valence-electron chi connectivity index (χ1n) is 10.6. The number of aromatic hydroxyl groups is 1. The highest BCUT2D eigenvalue weighted by Crippen LogP contribution is 2.36. The molecule has 1 atom stereocenters. The lowest BCUT2D eigenvalue weighted by atomic mass is 9.86. The van der Waals surface area contributed by atoms with Gasteiger partial charge >= 0.3 is 0 Å². The van der Waals surface area contributed by atoms with Crippen LogP contribution in [0.25, 0.3) is 11.0 Å². The van der Waals surface area contributed by atoms with Gasteiger partial charge in [0.2, 0.25) is 5.91 Å². The zero-order chi connectivity index (χ0) is 22.9. The minimum absolute atomic E-state index is 0.0583. The number of nitrogens with one attached hydrogen (secondary N) is 3. The van der Waals surface area contributed by atoms with Crippen LogP contribution in [-0.4, -0.2) is 52.9 Å². The zero-order valence-electron chi connectivity index (χ0n) is 18.1. The van der Waals surface area contributed by atoms with Crippen molar-refractivity contribution >= 4 is 38.3 Å². The molecule has 1 amide bonds. The lowest BCUT2D eigenvalue weighted by molar-refractivity contribution is -0.125. The highest BCUT2D eigenvalue weighted by Gasteiger charge is 2.29. The molecule has 4 N–H and O–H groups in total. The Morgan fingerprint density at radius 3 is 2.88 bits per heavy atom. The van der Waals surface area contributed by atoms with Gasteiger partial charge in [-0.15, -0.1) is 0 Å². The molecule has 3 aromatic rings. The molecule has 9 nitrogen and oxygen atoms in total. The van der Waals surface area contributed by atoms with Gasteiger partial charge in [-0.3, -0.25) is 4.79 Å². The van der Waals surface area contributed by atoms with Gasteiger partial charge in [0, 0.05) is 24.4 Å². The molecular formula is C22H27N5O4S. The third-order valence-electron chi connectivity index (χ3n) is 5.74. The Kier molecular flexibility index (Phi) is 6.05. The number of hydrogen-bond acceptors (Lipinski definition) is 7. The van der Waals surface area contributed by atoms with Crippen molar-refractivity contribution in [3.05, 3.63) is 41.3 Å². The molecule has 2 heterocycles. The summed E-state index contributed by atoms with van der Waals surface area (Å²) in [6.45, 7) is 2.24. The second-order valence-corrected chi connectivity index (χ2v) is 10.6. The van der Waals surface area contributed by atoms with Gasteiger partial charge in [0.1, 0.15) is 33.4 Å². The van der Waals surface area contributed by atoms with Crippen LogP contribution < -0.4 is 10.6 Å². The molecule has 0 radical (unpaired) electrons. The van der Waals surface area contributed by atoms with E-state index in [1.165, 1.54) is 12.6 Å². The number of fused-ring (bicyclic) bond motifs is 3. The van der Waals surface area contributed by atoms with E-state index < -0.39 is 9.84 Å². The Bertz CT molecular complexity index is 1270. The summed E-state index contributed by atoms with van der Waals surface area (Å²) >= 11 is 0. The first-order valence-corrected chi connectivity index (χ1v) is 12.6. The normalized spacial score (nSPS) is 16.0. The van der Waals surface area contributed by atoms with Crippen molar-refractivity contribution in [2.24, 2.45) is 5.92 Å². The lowest BCUT2D eigenvalue weighted by Crippen LogP contribution is -2.35. The molecule has 0 aliphatic heterocycles. The van der Waals surface area contributed by atoms with Crippen molar-refractivity contribution < 1.29 is 18.3 Å². The van der Waals surface area contributed by atoms with Gasteiger partial charge in [0.05, 0.1) is 16.8 Å². The number of nitrogens with zero attached hydrogens (tertiary/aromatic N) is 2. The predicted octanol–water partition coefficient (Wildman–Crippen LogP) is 2.37. The largest absolute Gasteiger partial charge is 0.506 e. The SMILES string of the molecule is Cc1ccc(Nc2ncnc3[nH]c4c(c23)C[C@@H](C(=O)NCCCS(C)(=O)=O)CC4)c(O)c1. The maximum absolute atomic E-state index is 12.7. The van der Waals surface area contributed by atoms with Crippen LogP contribution in [-0.2, 0) is 27.5 Å². The van der Waals surface area contributed by atoms with Crippen molar-refractivity contribution in [1.82, 2.24) is 20.3 Å². The molecule has 170 valence electrons. The predicted molar refractivity (Wildman–Crippen MR) is 123 cm³/mol. The molecule has 32 heavy (non-hydrogen) atoms. The monoisotopic (exact) mass is 457 g/mol. The summed E-state index contributed by atoms with van der Waals surface area (Å²) < 4.78 is 22.5. The average Bonchev–Trinajstić information content (AvgIpc) is 3.11. The fraction of sp³-hybridized carbons (Fsp3) is 0.409. The van der Waals surface area contributed by atoms with Crippen molar-refractivity contribution in [3.8, 4) is 5.75 Å². The van der Waals surface area contributed by atoms with E-state index in [4.69, 9.17) is 0 Å². The van der Waals surface area contributed by atoms with Crippen molar-refractivity contribution in [2.45, 2.75) is 32.6 Å². The number of phenols is 1. The molecule has 0 saturated heterocycles. The van der Waals surface area contributed by atoms with E-state index in [0.29, 0.717) is 49.4 Å². The van der Waals surface area contributed by atoms with Crippen LogP contribution in [0.5, 0.6) is 5.75 Å². The van der Waals surface area contributed by atoms with Crippen molar-refractivity contribution in [2.75, 3.05) is 23.9 Å². The quantitative estimate of drug-likeness (QED) is 0.316. The number of aromatic nitrogens is 3. The van der Waals surface area contributed by atoms with E-state index in [-0.39, 0.29) is 23.3 Å². The molecular weight excluding hydrogens is 430 g/mol. The first kappa shape index (κ1) is 22.1. The second kappa shape index (κ2) is 8.78. The number of carbonyl (C=O) groups is 1. The van der Waals surface area contributed by atoms with Gasteiger partial charge in [-0.2, -0.15) is 0 Å². The Labute approximate surface area is 186 Å². The van der Waals surface area contributed by atoms with Crippen LogP contribution in [0.4, 0.5) is 11.5 Å². The molecule has 0 unspecified atom stereocenters. The minimum Gasteiger partial charge on any atom is -0.506 e. The molecule has 4 rings (SSSR count). The van der Waals surface area contributed by atoms with Gasteiger partial charge in [-0.25, -0.2) is 18.4 Å². The Balaban J connectivity index is 1.54. The number of benzene rings is 1. The number of phenolic OH excluding ortho intramolecular Hbond substituents is 1. The van der Waals surface area contributed by atoms with Crippen molar-refractivity contribution in [1.29, 1.82) is 0 Å². The van der Waals surface area contributed by atoms with Crippen LogP contribution in [0.15, 0.2) is 24.5 Å². The van der Waals surface area contributed by atoms with E-state index in [9.17, 15) is 18.3 Å². The van der Waals surface area contributed by atoms with E-state index in [1.807, 2.05) is 13.0 Å². The fourth-order valence-corrected chi connectivity index (χ4v) is 4.79. The van der Waals surface area contributed by atoms with E-state index in [2.05, 4.69) is 25.6 Å². The number of rotatable bonds is 7. The Morgan fingerprint density at radius 2 is 2.12 bits per heavy atom. The summed E-state index contributed by atoms with van der Waals surface area (Å²) in [5.74, 6) is 0.484. The maximum atomic E-state index is 12.7. The number of amides is 1. The number of aromatic amines is 1. The average molecular weight is 458 g/mol. The van der Waals surface area contributed by atoms with E-state index in [1.54, 1.807) is 12.1 Å². The maximum Gasteiger partial charge on any atom is 0.223 e. The van der Waals surface area contributed by atoms with Crippen LogP contribution in [0.3, 0.4) is 0 Å². The topological polar surface area (TPSA) is 137 Å². The number of aryl methyl sites for hydroxylation is 2. The van der Waals surface area contributed by atoms with Crippen LogP contribution in [0, 0.1) is 12.8 Å². The summed E-state index contributed by atoms with van der Waals surface area (Å²) in [6.07, 6.45) is 5.00. The standard InChI is InChI=1S/C22H27N5O4S/c1-13-4-6-17(18(28)10-13)27-21-19-15-11-14(22(29)23-8-3-9-32(2,30)31)5-7-16(15)26-20(19)24-12-25-21/h4,6,10,12,14,28H,3,5,7-9,11H2,1-2H3,(H,23,29)(H2,24,25,26,27)/t14-/m0/s1. The van der Waals surface area contributed by atoms with Gasteiger partial charge in [0.15, 0.2) is 0 Å². The Morgan fingerprint density at radius 1 is 1.31 bits per heavy atom. The fourth-order valence-electron chi connectivity index (χ4n) is 4.12. The van der Waals surface area contributed by atoms with Crippen LogP contribution in [0.1, 0.15) is 29.7 Å². The molecule has 2 aromatic heterocycles. The van der Waals surface area contributed by atoms with E-state index in [0.717, 1.165) is 22.2 Å². The summed E-state index contributed by atoms with van der Waals surface area (Å²) in [7, 11) is -3.03. The van der Waals surface area contributed by atoms with E-state index >= 15 is 0 Å². The van der Waals surface area contributed by atoms with Crippen LogP contribution in [0.2, 0.25) is 0 Å². The third kappa shape index (κ3) is 4.85. The summed E-state index contributed by atoms with van der Waals surface area (Å²) in [5.41, 5.74) is 4.22.